The second kappa shape index (κ2) is 62.7. The zero-order valence-electron chi connectivity index (χ0n) is 82.3. The third kappa shape index (κ3) is 32.4. The molecule has 8 nitrogen and oxygen atoms in total. The molecule has 0 unspecified atom stereocenters. The first kappa shape index (κ1) is 116. The van der Waals surface area contributed by atoms with Crippen LogP contribution < -0.4 is 21.9 Å². The van der Waals surface area contributed by atoms with Crippen LogP contribution in [0.15, 0.2) is 167 Å². The van der Waals surface area contributed by atoms with Crippen molar-refractivity contribution in [1.29, 1.82) is 0 Å². The summed E-state index contributed by atoms with van der Waals surface area (Å²) in [6.07, 6.45) is 71.5. The van der Waals surface area contributed by atoms with Gasteiger partial charge in [0.25, 0.3) is 0 Å². The topological polar surface area (TPSA) is 162 Å². The Morgan fingerprint density at radius 2 is 0.331 bits per heavy atom. The maximum Gasteiger partial charge on any atom is 0.488 e. The maximum atomic E-state index is 9.94. The minimum absolute atomic E-state index is 0. The minimum atomic E-state index is -1.50. The van der Waals surface area contributed by atoms with Crippen LogP contribution in [0, 0.1) is 0 Å². The Morgan fingerprint density at radius 3 is 0.519 bits per heavy atom. The van der Waals surface area contributed by atoms with Crippen LogP contribution in [0.25, 0.3) is 44.5 Å². The Hall–Kier alpha value is -5.34. The van der Waals surface area contributed by atoms with Crippen molar-refractivity contribution in [3.8, 4) is 44.5 Å². The predicted molar refractivity (Wildman–Crippen MR) is 589 cm³/mol. The lowest BCUT2D eigenvalue weighted by atomic mass is 9.67. The number of hydrogen-bond donors (Lipinski definition) is 8. The van der Waals surface area contributed by atoms with Crippen molar-refractivity contribution in [2.45, 2.75) is 459 Å². The van der Waals surface area contributed by atoms with E-state index < -0.39 is 28.5 Å². The Balaban J connectivity index is 0.000000271. The summed E-state index contributed by atoms with van der Waals surface area (Å²) in [6, 6.07) is 55.8. The van der Waals surface area contributed by atoms with Gasteiger partial charge < -0.3 is 40.2 Å². The van der Waals surface area contributed by atoms with Gasteiger partial charge >= 0.3 is 28.5 Å². The van der Waals surface area contributed by atoms with Crippen molar-refractivity contribution in [2.24, 2.45) is 0 Å². The standard InChI is InChI=1S/2C29H44B2O4.C29H40Br2.C29H42.3CH4/c2*1-3-5-7-9-11-13-19-29(20-14-12-10-8-6-4-2)27-21-23(30(32)33)15-17-25(27)26-18-16-24(31(34)35)22-28(26)29;1-3-5-7-9-11-13-19-29(20-14-12-10-8-6-4-2)27-21-23(30)15-17-25(27)26-18-16-24(31)22-28(26)29;1-3-5-7-9-11-17-23-29(24-18-12-10-8-6-4-2)27-21-15-13-19-25(27)26-20-14-16-22-28(26)29;;;/h2*15-18,21-22,32-35H,3-14,19-20H2,1-2H3;15-18,21-22H,3-14,19-20H2,1-2H3;13-16,19-22H,3-12,17-18,23-24H2,1-2H3;3*1H4. The van der Waals surface area contributed by atoms with Crippen molar-refractivity contribution in [1.82, 2.24) is 0 Å². The fourth-order valence-electron chi connectivity index (χ4n) is 22.9. The summed E-state index contributed by atoms with van der Waals surface area (Å²) in [5, 5.41) is 79.5. The second-order valence-corrected chi connectivity index (χ2v) is 41.5. The smallest absolute Gasteiger partial charge is 0.423 e. The molecule has 0 heterocycles. The molecule has 0 spiro atoms. The summed E-state index contributed by atoms with van der Waals surface area (Å²) in [5.74, 6) is 0. The van der Waals surface area contributed by atoms with E-state index >= 15 is 0 Å². The van der Waals surface area contributed by atoms with E-state index in [1.54, 1.807) is 46.5 Å². The summed E-state index contributed by atoms with van der Waals surface area (Å²) in [5.41, 5.74) is 23.6. The average molecular weight is 1940 g/mol. The molecular formula is C119H182B4Br2O8. The number of rotatable bonds is 60. The molecule has 0 radical (unpaired) electrons. The van der Waals surface area contributed by atoms with Gasteiger partial charge in [-0.15, -0.1) is 0 Å². The molecule has 0 aliphatic heterocycles. The molecule has 4 aliphatic rings. The third-order valence-electron chi connectivity index (χ3n) is 30.1. The molecule has 8 aromatic carbocycles. The molecule has 0 amide bonds. The van der Waals surface area contributed by atoms with Crippen molar-refractivity contribution in [2.75, 3.05) is 0 Å². The van der Waals surface area contributed by atoms with Crippen molar-refractivity contribution in [3.63, 3.8) is 0 Å². The first-order chi connectivity index (χ1) is 63.3. The fraction of sp³-hybridized carbons (Fsp3) is 0.597. The van der Waals surface area contributed by atoms with Crippen LogP contribution >= 0.6 is 31.9 Å². The minimum Gasteiger partial charge on any atom is -0.423 e. The molecular weight excluding hydrogens is 1760 g/mol. The maximum absolute atomic E-state index is 9.94. The lowest BCUT2D eigenvalue weighted by Crippen LogP contribution is -2.34. The molecule has 0 fully saturated rings. The largest absolute Gasteiger partial charge is 0.488 e. The first-order valence-corrected chi connectivity index (χ1v) is 54.8. The number of unbranched alkanes of at least 4 members (excludes halogenated alkanes) is 40. The molecule has 4 aliphatic carbocycles. The third-order valence-corrected chi connectivity index (χ3v) is 31.1. The van der Waals surface area contributed by atoms with Crippen molar-refractivity contribution in [3.05, 3.63) is 211 Å². The van der Waals surface area contributed by atoms with Gasteiger partial charge in [-0.25, -0.2) is 0 Å². The van der Waals surface area contributed by atoms with Gasteiger partial charge in [-0.3, -0.25) is 0 Å². The average Bonchev–Trinajstić information content (AvgIpc) is 1.54. The first-order valence-electron chi connectivity index (χ1n) is 53.2. The SMILES string of the molecule is C.C.C.CCCCCCCCC1(CCCCCCCC)c2cc(B(O)O)ccc2-c2ccc(B(O)O)cc21.CCCCCCCCC1(CCCCCCCC)c2cc(B(O)O)ccc2-c2ccc(B(O)O)cc21.CCCCCCCCC1(CCCCCCCC)c2cc(Br)ccc2-c2ccc(Br)cc21.CCCCCCCCC1(CCCCCCCC)c2ccccc2-c2ccccc21. The molecule has 0 atom stereocenters. The van der Waals surface area contributed by atoms with E-state index in [4.69, 9.17) is 0 Å². The van der Waals surface area contributed by atoms with Crippen LogP contribution in [0.3, 0.4) is 0 Å². The van der Waals surface area contributed by atoms with Crippen molar-refractivity contribution >= 4 is 82.2 Å². The number of halogens is 2. The van der Waals surface area contributed by atoms with E-state index in [0.29, 0.717) is 21.9 Å². The van der Waals surface area contributed by atoms with Crippen LogP contribution in [-0.4, -0.2) is 68.7 Å². The van der Waals surface area contributed by atoms with Crippen LogP contribution in [0.1, 0.15) is 482 Å². The van der Waals surface area contributed by atoms with E-state index in [1.165, 1.54) is 362 Å². The molecule has 0 saturated heterocycles. The van der Waals surface area contributed by atoms with Gasteiger partial charge in [0.15, 0.2) is 0 Å². The van der Waals surface area contributed by atoms with E-state index in [-0.39, 0.29) is 43.9 Å². The van der Waals surface area contributed by atoms with Gasteiger partial charge in [-0.1, -0.05) is 551 Å². The molecule has 0 aromatic heterocycles. The van der Waals surface area contributed by atoms with Crippen LogP contribution in [0.4, 0.5) is 0 Å². The Morgan fingerprint density at radius 1 is 0.180 bits per heavy atom. The predicted octanol–water partition coefficient (Wildman–Crippen LogP) is 32.0. The molecule has 0 saturated carbocycles. The fourth-order valence-corrected chi connectivity index (χ4v) is 23.6. The summed E-state index contributed by atoms with van der Waals surface area (Å²) in [6.45, 7) is 18.2. The van der Waals surface area contributed by atoms with Gasteiger partial charge in [-0.2, -0.15) is 0 Å². The Labute approximate surface area is 830 Å². The highest BCUT2D eigenvalue weighted by Crippen LogP contribution is 2.59. The highest BCUT2D eigenvalue weighted by Gasteiger charge is 2.47. The molecule has 8 aromatic rings. The Kier molecular flexibility index (Phi) is 54.8. The summed E-state index contributed by atoms with van der Waals surface area (Å²) >= 11 is 7.57. The lowest BCUT2D eigenvalue weighted by Gasteiger charge is -2.33. The molecule has 0 bridgehead atoms. The molecule has 12 rings (SSSR count). The number of hydrogen-bond acceptors (Lipinski definition) is 8. The lowest BCUT2D eigenvalue weighted by molar-refractivity contribution is 0.397. The number of benzene rings is 8. The van der Waals surface area contributed by atoms with Crippen molar-refractivity contribution < 1.29 is 40.2 Å². The molecule has 732 valence electrons. The van der Waals surface area contributed by atoms with Gasteiger partial charge in [0.05, 0.1) is 0 Å². The van der Waals surface area contributed by atoms with Gasteiger partial charge in [0.1, 0.15) is 0 Å². The number of fused-ring (bicyclic) bond motifs is 12. The van der Waals surface area contributed by atoms with Crippen LogP contribution in [-0.2, 0) is 21.7 Å². The summed E-state index contributed by atoms with van der Waals surface area (Å²) in [7, 11) is -6.00. The van der Waals surface area contributed by atoms with E-state index in [1.807, 2.05) is 48.5 Å². The molecule has 8 N–H and O–H groups in total. The monoisotopic (exact) mass is 1940 g/mol. The highest BCUT2D eigenvalue weighted by molar-refractivity contribution is 9.10. The quantitative estimate of drug-likeness (QED) is 0.0138. The van der Waals surface area contributed by atoms with E-state index in [2.05, 4.69) is 172 Å². The highest BCUT2D eigenvalue weighted by atomic mass is 79.9. The summed E-state index contributed by atoms with van der Waals surface area (Å²) in [4.78, 5) is 0. The second-order valence-electron chi connectivity index (χ2n) is 39.7. The van der Waals surface area contributed by atoms with Gasteiger partial charge in [0, 0.05) is 30.6 Å². The molecule has 133 heavy (non-hydrogen) atoms. The normalized spacial score (nSPS) is 13.4. The van der Waals surface area contributed by atoms with Gasteiger partial charge in [0.2, 0.25) is 0 Å². The molecule has 14 heteroatoms. The van der Waals surface area contributed by atoms with Gasteiger partial charge in [-0.05, 0) is 186 Å². The zero-order valence-corrected chi connectivity index (χ0v) is 85.4. The zero-order chi connectivity index (χ0) is 93.0. The summed E-state index contributed by atoms with van der Waals surface area (Å²) < 4.78 is 2.43. The van der Waals surface area contributed by atoms with E-state index in [9.17, 15) is 40.2 Å². The Bertz CT molecular complexity index is 4120. The van der Waals surface area contributed by atoms with E-state index in [0.717, 1.165) is 73.6 Å². The van der Waals surface area contributed by atoms with Crippen LogP contribution in [0.5, 0.6) is 0 Å². The van der Waals surface area contributed by atoms with Crippen LogP contribution in [0.2, 0.25) is 0 Å².